The van der Waals surface area contributed by atoms with Crippen LogP contribution in [0.15, 0.2) is 12.3 Å². The Morgan fingerprint density at radius 3 is 2.77 bits per heavy atom. The lowest BCUT2D eigenvalue weighted by Crippen LogP contribution is -2.19. The summed E-state index contributed by atoms with van der Waals surface area (Å²) >= 11 is 11.2. The number of aromatic amines is 1. The summed E-state index contributed by atoms with van der Waals surface area (Å²) in [6, 6.07) is 1.82. The van der Waals surface area contributed by atoms with Crippen molar-refractivity contribution in [1.82, 2.24) is 4.98 Å². The molecule has 70 valence electrons. The number of hydrogen-bond acceptors (Lipinski definition) is 2. The molecule has 4 heteroatoms. The molecule has 2 rings (SSSR count). The molecule has 1 N–H and O–H groups in total. The van der Waals surface area contributed by atoms with E-state index in [-0.39, 0.29) is 0 Å². The van der Waals surface area contributed by atoms with E-state index in [1.165, 1.54) is 12.8 Å². The third-order valence-corrected chi connectivity index (χ3v) is 3.14. The predicted octanol–water partition coefficient (Wildman–Crippen LogP) is 3.00. The zero-order valence-corrected chi connectivity index (χ0v) is 8.79. The van der Waals surface area contributed by atoms with Crippen molar-refractivity contribution in [2.45, 2.75) is 12.8 Å². The Hall–Kier alpha value is -0.540. The molecule has 0 aliphatic carbocycles. The first-order chi connectivity index (χ1) is 6.29. The first kappa shape index (κ1) is 9.03. The van der Waals surface area contributed by atoms with Crippen molar-refractivity contribution >= 4 is 29.6 Å². The zero-order chi connectivity index (χ0) is 9.26. The fourth-order valence-corrected chi connectivity index (χ4v) is 2.02. The first-order valence-electron chi connectivity index (χ1n) is 4.41. The van der Waals surface area contributed by atoms with Crippen molar-refractivity contribution in [2.24, 2.45) is 0 Å². The number of rotatable bonds is 1. The maximum Gasteiger partial charge on any atom is 0.126 e. The number of nitrogens with one attached hydrogen (secondary N) is 1. The highest BCUT2D eigenvalue weighted by molar-refractivity contribution is 7.71. The number of nitrogens with zero attached hydrogens (tertiary/aromatic N) is 1. The lowest BCUT2D eigenvalue weighted by Gasteiger charge is -2.18. The molecule has 1 aliphatic heterocycles. The van der Waals surface area contributed by atoms with Gasteiger partial charge in [0.15, 0.2) is 0 Å². The van der Waals surface area contributed by atoms with E-state index in [0.29, 0.717) is 5.02 Å². The van der Waals surface area contributed by atoms with E-state index in [1.54, 1.807) is 0 Å². The smallest absolute Gasteiger partial charge is 0.126 e. The normalized spacial score (nSPS) is 16.5. The van der Waals surface area contributed by atoms with E-state index in [4.69, 9.17) is 23.8 Å². The van der Waals surface area contributed by atoms with E-state index >= 15 is 0 Å². The van der Waals surface area contributed by atoms with Gasteiger partial charge in [0, 0.05) is 19.3 Å². The van der Waals surface area contributed by atoms with Gasteiger partial charge in [-0.1, -0.05) is 23.8 Å². The average Bonchev–Trinajstić information content (AvgIpc) is 2.62. The lowest BCUT2D eigenvalue weighted by atomic mass is 10.4. The average molecular weight is 215 g/mol. The largest absolute Gasteiger partial charge is 0.357 e. The summed E-state index contributed by atoms with van der Waals surface area (Å²) in [6.45, 7) is 2.16. The molecule has 0 amide bonds. The number of aromatic nitrogens is 1. The Labute approximate surface area is 87.5 Å². The Bertz CT molecular complexity index is 355. The van der Waals surface area contributed by atoms with Crippen molar-refractivity contribution in [3.05, 3.63) is 21.8 Å². The molecule has 1 fully saturated rings. The quantitative estimate of drug-likeness (QED) is 0.725. The Balaban J connectivity index is 2.39. The van der Waals surface area contributed by atoms with Crippen LogP contribution in [0.2, 0.25) is 5.02 Å². The highest BCUT2D eigenvalue weighted by Crippen LogP contribution is 2.26. The molecular weight excluding hydrogens is 204 g/mol. The molecule has 0 aromatic carbocycles. The molecule has 1 aliphatic rings. The summed E-state index contributed by atoms with van der Waals surface area (Å²) in [4.78, 5) is 5.39. The van der Waals surface area contributed by atoms with Gasteiger partial charge in [-0.05, 0) is 18.9 Å². The highest BCUT2D eigenvalue weighted by atomic mass is 35.5. The van der Waals surface area contributed by atoms with Gasteiger partial charge in [-0.25, -0.2) is 0 Å². The van der Waals surface area contributed by atoms with Crippen molar-refractivity contribution in [2.75, 3.05) is 18.0 Å². The van der Waals surface area contributed by atoms with Crippen LogP contribution in [0.4, 0.5) is 5.82 Å². The van der Waals surface area contributed by atoms with Crippen LogP contribution in [0.25, 0.3) is 0 Å². The van der Waals surface area contributed by atoms with Crippen LogP contribution in [0, 0.1) is 4.51 Å². The van der Waals surface area contributed by atoms with Crippen molar-refractivity contribution in [1.29, 1.82) is 0 Å². The molecule has 0 radical (unpaired) electrons. The van der Waals surface area contributed by atoms with Gasteiger partial charge in [0.25, 0.3) is 0 Å². The van der Waals surface area contributed by atoms with Gasteiger partial charge in [-0.3, -0.25) is 0 Å². The summed E-state index contributed by atoms with van der Waals surface area (Å²) in [5.74, 6) is 0.978. The SMILES string of the molecule is S=c1cc[nH]c(N2CCCC2)c1Cl. The fraction of sp³-hybridized carbons (Fsp3) is 0.444. The van der Waals surface area contributed by atoms with Gasteiger partial charge < -0.3 is 9.88 Å². The summed E-state index contributed by atoms with van der Waals surface area (Å²) < 4.78 is 0.724. The second-order valence-corrected chi connectivity index (χ2v) is 4.02. The molecular formula is C9H11ClN2S. The third-order valence-electron chi connectivity index (χ3n) is 2.30. The second kappa shape index (κ2) is 3.68. The van der Waals surface area contributed by atoms with Gasteiger partial charge in [-0.15, -0.1) is 0 Å². The number of anilines is 1. The van der Waals surface area contributed by atoms with E-state index in [2.05, 4.69) is 9.88 Å². The Kier molecular flexibility index (Phi) is 2.56. The lowest BCUT2D eigenvalue weighted by molar-refractivity contribution is 0.937. The van der Waals surface area contributed by atoms with Gasteiger partial charge in [0.2, 0.25) is 0 Å². The van der Waals surface area contributed by atoms with Gasteiger partial charge >= 0.3 is 0 Å². The van der Waals surface area contributed by atoms with E-state index < -0.39 is 0 Å². The van der Waals surface area contributed by atoms with Crippen molar-refractivity contribution < 1.29 is 0 Å². The van der Waals surface area contributed by atoms with Crippen molar-refractivity contribution in [3.8, 4) is 0 Å². The van der Waals surface area contributed by atoms with Crippen LogP contribution in [0.1, 0.15) is 12.8 Å². The molecule has 0 saturated carbocycles. The van der Waals surface area contributed by atoms with Gasteiger partial charge in [-0.2, -0.15) is 0 Å². The minimum atomic E-state index is 0.680. The molecule has 0 bridgehead atoms. The molecule has 0 atom stereocenters. The number of H-pyrrole nitrogens is 1. The van der Waals surface area contributed by atoms with Crippen molar-refractivity contribution in [3.63, 3.8) is 0 Å². The molecule has 2 heterocycles. The summed E-state index contributed by atoms with van der Waals surface area (Å²) in [6.07, 6.45) is 4.33. The summed E-state index contributed by atoms with van der Waals surface area (Å²) in [7, 11) is 0. The molecule has 1 saturated heterocycles. The third kappa shape index (κ3) is 1.71. The van der Waals surface area contributed by atoms with Crippen LogP contribution in [0.3, 0.4) is 0 Å². The molecule has 13 heavy (non-hydrogen) atoms. The zero-order valence-electron chi connectivity index (χ0n) is 7.22. The van der Waals surface area contributed by atoms with Gasteiger partial charge in [0.1, 0.15) is 5.82 Å². The van der Waals surface area contributed by atoms with Crippen LogP contribution >= 0.6 is 23.8 Å². The van der Waals surface area contributed by atoms with Crippen LogP contribution in [0.5, 0.6) is 0 Å². The van der Waals surface area contributed by atoms with Crippen LogP contribution in [-0.4, -0.2) is 18.1 Å². The topological polar surface area (TPSA) is 19.0 Å². The predicted molar refractivity (Wildman–Crippen MR) is 58.1 cm³/mol. The Morgan fingerprint density at radius 2 is 2.08 bits per heavy atom. The minimum absolute atomic E-state index is 0.680. The van der Waals surface area contributed by atoms with E-state index in [9.17, 15) is 0 Å². The summed E-state index contributed by atoms with van der Waals surface area (Å²) in [5.41, 5.74) is 0. The Morgan fingerprint density at radius 1 is 1.38 bits per heavy atom. The highest BCUT2D eigenvalue weighted by Gasteiger charge is 2.15. The number of pyridine rings is 1. The summed E-state index contributed by atoms with van der Waals surface area (Å²) in [5, 5.41) is 0.680. The first-order valence-corrected chi connectivity index (χ1v) is 5.20. The molecule has 1 aromatic heterocycles. The van der Waals surface area contributed by atoms with E-state index in [1.807, 2.05) is 12.3 Å². The van der Waals surface area contributed by atoms with Crippen LogP contribution < -0.4 is 4.90 Å². The standard InChI is InChI=1S/C9H11ClN2S/c10-8-7(13)3-4-11-9(8)12-5-1-2-6-12/h3-4H,1-2,5-6H2,(H,11,13). The molecule has 1 aromatic rings. The maximum atomic E-state index is 6.10. The van der Waals surface area contributed by atoms with Crippen LogP contribution in [-0.2, 0) is 0 Å². The number of hydrogen-bond donors (Lipinski definition) is 1. The molecule has 2 nitrogen and oxygen atoms in total. The minimum Gasteiger partial charge on any atom is -0.357 e. The molecule has 0 unspecified atom stereocenters. The van der Waals surface area contributed by atoms with E-state index in [0.717, 1.165) is 23.4 Å². The number of halogens is 1. The maximum absolute atomic E-state index is 6.10. The monoisotopic (exact) mass is 214 g/mol. The van der Waals surface area contributed by atoms with Gasteiger partial charge in [0.05, 0.1) is 9.53 Å². The second-order valence-electron chi connectivity index (χ2n) is 3.20. The fourth-order valence-electron chi connectivity index (χ4n) is 1.62. The molecule has 0 spiro atoms.